The summed E-state index contributed by atoms with van der Waals surface area (Å²) < 4.78 is 33.9. The van der Waals surface area contributed by atoms with Crippen molar-refractivity contribution in [1.29, 1.82) is 0 Å². The van der Waals surface area contributed by atoms with Crippen molar-refractivity contribution < 1.29 is 23.1 Å². The number of aromatic nitrogens is 2. The highest BCUT2D eigenvalue weighted by atomic mass is 19.1. The molecule has 1 aliphatic heterocycles. The van der Waals surface area contributed by atoms with Crippen LogP contribution in [0.4, 0.5) is 14.6 Å². The van der Waals surface area contributed by atoms with Crippen LogP contribution >= 0.6 is 0 Å². The Balaban J connectivity index is 1.64. The summed E-state index contributed by atoms with van der Waals surface area (Å²) in [6.45, 7) is 1.09. The molecule has 0 saturated carbocycles. The van der Waals surface area contributed by atoms with Gasteiger partial charge in [-0.3, -0.25) is 9.59 Å². The van der Waals surface area contributed by atoms with Crippen molar-refractivity contribution in [2.24, 2.45) is 5.73 Å². The summed E-state index contributed by atoms with van der Waals surface area (Å²) in [6.07, 6.45) is 2.32. The van der Waals surface area contributed by atoms with E-state index in [1.165, 1.54) is 6.07 Å². The Morgan fingerprint density at radius 3 is 2.59 bits per heavy atom. The molecule has 0 radical (unpaired) electrons. The smallest absolute Gasteiger partial charge is 0.254 e. The zero-order chi connectivity index (χ0) is 22.8. The summed E-state index contributed by atoms with van der Waals surface area (Å²) in [6, 6.07) is 9.23. The minimum absolute atomic E-state index is 0.0893. The average Bonchev–Trinajstić information content (AvgIpc) is 3.13. The zero-order valence-electron chi connectivity index (χ0n) is 17.0. The van der Waals surface area contributed by atoms with Gasteiger partial charge in [0.25, 0.3) is 5.91 Å². The topological polar surface area (TPSA) is 116 Å². The number of hydrogen-bond acceptors (Lipinski definition) is 5. The van der Waals surface area contributed by atoms with Crippen LogP contribution in [0.5, 0.6) is 11.5 Å². The molecule has 2 heterocycles. The number of likely N-dealkylation sites (tertiary alicyclic amines) is 1. The normalized spacial score (nSPS) is 16.1. The molecule has 8 nitrogen and oxygen atoms in total. The van der Waals surface area contributed by atoms with Crippen molar-refractivity contribution in [3.63, 3.8) is 0 Å². The van der Waals surface area contributed by atoms with Crippen molar-refractivity contribution in [3.05, 3.63) is 59.7 Å². The highest BCUT2D eigenvalue weighted by Gasteiger charge is 2.28. The number of nitrogens with zero attached hydrogens (tertiary/aromatic N) is 3. The molecule has 10 heteroatoms. The maximum absolute atomic E-state index is 13.8. The first-order chi connectivity index (χ1) is 15.4. The van der Waals surface area contributed by atoms with Gasteiger partial charge in [-0.15, -0.1) is 0 Å². The molecule has 1 aliphatic rings. The van der Waals surface area contributed by atoms with Crippen molar-refractivity contribution in [1.82, 2.24) is 14.7 Å². The summed E-state index contributed by atoms with van der Waals surface area (Å²) in [5, 5.41) is 4.54. The number of hydrogen-bond donors (Lipinski definition) is 2. The summed E-state index contributed by atoms with van der Waals surface area (Å²) in [5.41, 5.74) is 12.7. The van der Waals surface area contributed by atoms with Crippen molar-refractivity contribution in [3.8, 4) is 22.8 Å². The van der Waals surface area contributed by atoms with E-state index in [0.29, 0.717) is 30.1 Å². The second kappa shape index (κ2) is 8.66. The lowest BCUT2D eigenvalue weighted by Gasteiger charge is -2.30. The minimum Gasteiger partial charge on any atom is -0.454 e. The van der Waals surface area contributed by atoms with Crippen LogP contribution in [0.1, 0.15) is 29.2 Å². The number of anilines is 1. The van der Waals surface area contributed by atoms with E-state index in [4.69, 9.17) is 16.2 Å². The van der Waals surface area contributed by atoms with Crippen molar-refractivity contribution in [2.75, 3.05) is 18.8 Å². The first-order valence-corrected chi connectivity index (χ1v) is 9.98. The number of ether oxygens (including phenoxy) is 1. The van der Waals surface area contributed by atoms with Gasteiger partial charge in [0.1, 0.15) is 28.6 Å². The summed E-state index contributed by atoms with van der Waals surface area (Å²) in [5.74, 6) is -1.93. The molecular weight excluding hydrogens is 420 g/mol. The number of benzene rings is 2. The lowest BCUT2D eigenvalue weighted by molar-refractivity contribution is -0.119. The summed E-state index contributed by atoms with van der Waals surface area (Å²) in [7, 11) is 0. The number of carbonyl (C=O) groups excluding carboxylic acids is 2. The first kappa shape index (κ1) is 21.3. The van der Waals surface area contributed by atoms with E-state index in [1.54, 1.807) is 33.8 Å². The van der Waals surface area contributed by atoms with Gasteiger partial charge in [0.2, 0.25) is 6.41 Å². The van der Waals surface area contributed by atoms with E-state index in [1.807, 2.05) is 0 Å². The molecule has 2 aromatic carbocycles. The molecule has 1 aromatic heterocycles. The van der Waals surface area contributed by atoms with Gasteiger partial charge in [-0.1, -0.05) is 0 Å². The quantitative estimate of drug-likeness (QED) is 0.570. The van der Waals surface area contributed by atoms with Gasteiger partial charge in [0.05, 0.1) is 6.04 Å². The standard InChI is InChI=1S/C22H21F2N5O3/c23-14-5-8-18(17(24)10-14)32-16-6-3-13(4-7-16)20-19(22(26)31)21(25)29(27-20)15-2-1-9-28(11-15)12-30/h3-8,10,12,15H,1-2,9,11,25H2,(H2,26,31). The third-order valence-corrected chi connectivity index (χ3v) is 5.37. The summed E-state index contributed by atoms with van der Waals surface area (Å²) >= 11 is 0. The van der Waals surface area contributed by atoms with Gasteiger partial charge in [0.15, 0.2) is 11.6 Å². The van der Waals surface area contributed by atoms with E-state index in [-0.39, 0.29) is 23.2 Å². The van der Waals surface area contributed by atoms with Crippen LogP contribution in [0, 0.1) is 11.6 Å². The molecule has 0 aliphatic carbocycles. The molecule has 4 N–H and O–H groups in total. The van der Waals surface area contributed by atoms with E-state index < -0.39 is 17.5 Å². The fraction of sp³-hybridized carbons (Fsp3) is 0.227. The molecule has 3 aromatic rings. The third-order valence-electron chi connectivity index (χ3n) is 5.37. The van der Waals surface area contributed by atoms with Gasteiger partial charge in [0, 0.05) is 24.7 Å². The van der Waals surface area contributed by atoms with Crippen LogP contribution in [-0.4, -0.2) is 40.1 Å². The zero-order valence-corrected chi connectivity index (χ0v) is 17.0. The van der Waals surface area contributed by atoms with Gasteiger partial charge < -0.3 is 21.1 Å². The van der Waals surface area contributed by atoms with E-state index in [9.17, 15) is 18.4 Å². The SMILES string of the molecule is NC(=O)c1c(-c2ccc(Oc3ccc(F)cc3F)cc2)nn(C2CCCN(C=O)C2)c1N. The fourth-order valence-electron chi connectivity index (χ4n) is 3.82. The lowest BCUT2D eigenvalue weighted by atomic mass is 10.1. The molecule has 32 heavy (non-hydrogen) atoms. The predicted molar refractivity (Wildman–Crippen MR) is 113 cm³/mol. The first-order valence-electron chi connectivity index (χ1n) is 9.98. The van der Waals surface area contributed by atoms with E-state index in [2.05, 4.69) is 5.10 Å². The summed E-state index contributed by atoms with van der Waals surface area (Å²) in [4.78, 5) is 24.9. The largest absolute Gasteiger partial charge is 0.454 e. The Bertz CT molecular complexity index is 1160. The van der Waals surface area contributed by atoms with Gasteiger partial charge in [-0.05, 0) is 49.2 Å². The number of halogens is 2. The van der Waals surface area contributed by atoms with Crippen LogP contribution in [0.3, 0.4) is 0 Å². The second-order valence-electron chi connectivity index (χ2n) is 7.52. The second-order valence-corrected chi connectivity index (χ2v) is 7.52. The molecule has 1 atom stereocenters. The maximum Gasteiger partial charge on any atom is 0.254 e. The Kier molecular flexibility index (Phi) is 5.76. The van der Waals surface area contributed by atoms with Crippen LogP contribution in [0.25, 0.3) is 11.3 Å². The fourth-order valence-corrected chi connectivity index (χ4v) is 3.82. The molecule has 2 amide bonds. The van der Waals surface area contributed by atoms with Crippen molar-refractivity contribution in [2.45, 2.75) is 18.9 Å². The molecule has 1 fully saturated rings. The Morgan fingerprint density at radius 1 is 1.19 bits per heavy atom. The third kappa shape index (κ3) is 4.11. The number of nitrogens with two attached hydrogens (primary N) is 2. The van der Waals surface area contributed by atoms with E-state index in [0.717, 1.165) is 31.4 Å². The maximum atomic E-state index is 13.8. The van der Waals surface area contributed by atoms with Crippen LogP contribution in [0.15, 0.2) is 42.5 Å². The Hall–Kier alpha value is -3.95. The monoisotopic (exact) mass is 441 g/mol. The molecular formula is C22H21F2N5O3. The number of primary amides is 1. The van der Waals surface area contributed by atoms with Crippen LogP contribution in [0.2, 0.25) is 0 Å². The number of nitrogen functional groups attached to an aromatic ring is 1. The highest BCUT2D eigenvalue weighted by molar-refractivity contribution is 6.03. The van der Waals surface area contributed by atoms with Gasteiger partial charge in [-0.25, -0.2) is 13.5 Å². The molecule has 1 saturated heterocycles. The predicted octanol–water partition coefficient (Wildman–Crippen LogP) is 3.10. The number of piperidine rings is 1. The number of amides is 2. The molecule has 1 unspecified atom stereocenters. The molecule has 0 spiro atoms. The minimum atomic E-state index is -0.826. The van der Waals surface area contributed by atoms with Crippen LogP contribution < -0.4 is 16.2 Å². The Labute approximate surface area is 182 Å². The van der Waals surface area contributed by atoms with Crippen molar-refractivity contribution >= 4 is 18.1 Å². The van der Waals surface area contributed by atoms with Gasteiger partial charge >= 0.3 is 0 Å². The van der Waals surface area contributed by atoms with Crippen LogP contribution in [-0.2, 0) is 4.79 Å². The van der Waals surface area contributed by atoms with E-state index >= 15 is 0 Å². The molecule has 0 bridgehead atoms. The molecule has 166 valence electrons. The lowest BCUT2D eigenvalue weighted by Crippen LogP contribution is -2.36. The number of carbonyl (C=O) groups is 2. The van der Waals surface area contributed by atoms with Gasteiger partial charge in [-0.2, -0.15) is 5.10 Å². The molecule has 4 rings (SSSR count). The highest BCUT2D eigenvalue weighted by Crippen LogP contribution is 2.33. The Morgan fingerprint density at radius 2 is 1.94 bits per heavy atom. The number of rotatable bonds is 6. The average molecular weight is 441 g/mol.